The van der Waals surface area contributed by atoms with Gasteiger partial charge in [-0.3, -0.25) is 4.79 Å². The fourth-order valence-electron chi connectivity index (χ4n) is 5.42. The van der Waals surface area contributed by atoms with Crippen LogP contribution in [0.25, 0.3) is 27.4 Å². The van der Waals surface area contributed by atoms with Crippen molar-refractivity contribution in [3.63, 3.8) is 0 Å². The standard InChI is InChI=1S/C35H27F2N3O3/c1-20(25-12-9-23-5-3-4-6-26(23)15-25)32-33-30(34(41)39-21(2)22-7-10-24(11-8-22)35(42)43)16-27(18-40(33)19-38-32)29-17-28(36)13-14-31(29)37/h3-21H,1-2H3,(H,39,41)(H,42,43)/t20-,21+/m1/s1. The van der Waals surface area contributed by atoms with Gasteiger partial charge in [0, 0.05) is 23.2 Å². The van der Waals surface area contributed by atoms with Crippen LogP contribution in [0.15, 0.2) is 104 Å². The van der Waals surface area contributed by atoms with Crippen molar-refractivity contribution >= 4 is 28.2 Å². The summed E-state index contributed by atoms with van der Waals surface area (Å²) in [4.78, 5) is 29.9. The molecule has 1 amide bonds. The summed E-state index contributed by atoms with van der Waals surface area (Å²) >= 11 is 0. The average molecular weight is 576 g/mol. The SMILES string of the molecule is C[C@H](c1ccc2ccccc2c1)c1ncn2cc(-c3cc(F)ccc3F)cc(C(=O)N[C@@H](C)c3ccc(C(=O)O)cc3)c12. The monoisotopic (exact) mass is 575 g/mol. The van der Waals surface area contributed by atoms with Gasteiger partial charge < -0.3 is 14.8 Å². The van der Waals surface area contributed by atoms with Gasteiger partial charge in [-0.15, -0.1) is 0 Å². The number of rotatable bonds is 7. The van der Waals surface area contributed by atoms with Gasteiger partial charge in [0.15, 0.2) is 0 Å². The van der Waals surface area contributed by atoms with Crippen molar-refractivity contribution in [3.8, 4) is 11.1 Å². The van der Waals surface area contributed by atoms with E-state index in [0.29, 0.717) is 22.3 Å². The van der Waals surface area contributed by atoms with Crippen LogP contribution >= 0.6 is 0 Å². The number of fused-ring (bicyclic) bond motifs is 2. The molecule has 0 saturated heterocycles. The molecule has 2 N–H and O–H groups in total. The number of nitrogens with zero attached hydrogens (tertiary/aromatic N) is 2. The molecule has 0 saturated carbocycles. The number of carbonyl (C=O) groups is 2. The van der Waals surface area contributed by atoms with Crippen LogP contribution in [-0.4, -0.2) is 26.4 Å². The first-order chi connectivity index (χ1) is 20.7. The Hall–Kier alpha value is -5.37. The quantitative estimate of drug-likeness (QED) is 0.204. The highest BCUT2D eigenvalue weighted by Crippen LogP contribution is 2.33. The Labute approximate surface area is 246 Å². The molecule has 43 heavy (non-hydrogen) atoms. The number of nitrogens with one attached hydrogen (secondary N) is 1. The van der Waals surface area contributed by atoms with Crippen molar-refractivity contribution in [1.82, 2.24) is 14.7 Å². The molecule has 0 spiro atoms. The fourth-order valence-corrected chi connectivity index (χ4v) is 5.42. The molecule has 0 aliphatic rings. The molecule has 0 radical (unpaired) electrons. The number of pyridine rings is 1. The summed E-state index contributed by atoms with van der Waals surface area (Å²) < 4.78 is 30.7. The predicted octanol–water partition coefficient (Wildman–Crippen LogP) is 7.77. The summed E-state index contributed by atoms with van der Waals surface area (Å²) in [6.45, 7) is 3.80. The molecule has 2 heterocycles. The number of halogens is 2. The zero-order chi connectivity index (χ0) is 30.2. The Kier molecular flexibility index (Phi) is 7.19. The zero-order valence-corrected chi connectivity index (χ0v) is 23.4. The van der Waals surface area contributed by atoms with Crippen LogP contribution < -0.4 is 5.32 Å². The smallest absolute Gasteiger partial charge is 0.335 e. The van der Waals surface area contributed by atoms with Crippen molar-refractivity contribution < 1.29 is 23.5 Å². The molecule has 6 aromatic rings. The molecule has 4 aromatic carbocycles. The molecule has 0 aliphatic carbocycles. The number of benzene rings is 4. The van der Waals surface area contributed by atoms with Crippen molar-refractivity contribution in [1.29, 1.82) is 0 Å². The fraction of sp³-hybridized carbons (Fsp3) is 0.114. The van der Waals surface area contributed by atoms with E-state index < -0.39 is 29.6 Å². The number of carbonyl (C=O) groups excluding carboxylic acids is 1. The van der Waals surface area contributed by atoms with E-state index in [2.05, 4.69) is 17.4 Å². The lowest BCUT2D eigenvalue weighted by Gasteiger charge is -2.18. The van der Waals surface area contributed by atoms with Gasteiger partial charge >= 0.3 is 5.97 Å². The molecular weight excluding hydrogens is 548 g/mol. The minimum atomic E-state index is -1.04. The van der Waals surface area contributed by atoms with E-state index in [-0.39, 0.29) is 22.6 Å². The van der Waals surface area contributed by atoms with Gasteiger partial charge in [0.25, 0.3) is 5.91 Å². The van der Waals surface area contributed by atoms with E-state index in [1.807, 2.05) is 37.3 Å². The second-order valence-electron chi connectivity index (χ2n) is 10.6. The van der Waals surface area contributed by atoms with E-state index in [1.165, 1.54) is 12.1 Å². The van der Waals surface area contributed by atoms with Gasteiger partial charge in [-0.1, -0.05) is 61.5 Å². The molecule has 8 heteroatoms. The van der Waals surface area contributed by atoms with Crippen LogP contribution in [0.1, 0.15) is 63.3 Å². The van der Waals surface area contributed by atoms with Crippen LogP contribution in [0.5, 0.6) is 0 Å². The predicted molar refractivity (Wildman–Crippen MR) is 161 cm³/mol. The first kappa shape index (κ1) is 27.8. The minimum absolute atomic E-state index is 0.0195. The van der Waals surface area contributed by atoms with Crippen LogP contribution in [0, 0.1) is 11.6 Å². The summed E-state index contributed by atoms with van der Waals surface area (Å²) in [5.41, 5.74) is 3.65. The van der Waals surface area contributed by atoms with E-state index in [0.717, 1.165) is 34.5 Å². The lowest BCUT2D eigenvalue weighted by atomic mass is 9.93. The van der Waals surface area contributed by atoms with E-state index >= 15 is 0 Å². The normalized spacial score (nSPS) is 12.7. The molecule has 0 fully saturated rings. The second-order valence-corrected chi connectivity index (χ2v) is 10.6. The van der Waals surface area contributed by atoms with Gasteiger partial charge in [0.05, 0.1) is 34.7 Å². The topological polar surface area (TPSA) is 83.7 Å². The van der Waals surface area contributed by atoms with Gasteiger partial charge in [-0.05, 0) is 65.2 Å². The molecule has 0 unspecified atom stereocenters. The molecule has 214 valence electrons. The molecule has 6 nitrogen and oxygen atoms in total. The highest BCUT2D eigenvalue weighted by molar-refractivity contribution is 6.03. The number of imidazole rings is 1. The molecule has 6 rings (SSSR count). The van der Waals surface area contributed by atoms with Crippen LogP contribution in [0.4, 0.5) is 8.78 Å². The maximum Gasteiger partial charge on any atom is 0.335 e. The average Bonchev–Trinajstić information content (AvgIpc) is 3.45. The number of carboxylic acid groups (broad SMARTS) is 1. The third-order valence-electron chi connectivity index (χ3n) is 7.83. The largest absolute Gasteiger partial charge is 0.478 e. The number of carboxylic acids is 1. The molecule has 0 bridgehead atoms. The molecule has 0 aliphatic heterocycles. The van der Waals surface area contributed by atoms with Crippen molar-refractivity contribution in [2.24, 2.45) is 0 Å². The Morgan fingerprint density at radius 2 is 1.58 bits per heavy atom. The number of hydrogen-bond donors (Lipinski definition) is 2. The van der Waals surface area contributed by atoms with Crippen molar-refractivity contribution in [3.05, 3.63) is 143 Å². The van der Waals surface area contributed by atoms with E-state index in [9.17, 15) is 23.5 Å². The third-order valence-corrected chi connectivity index (χ3v) is 7.83. The van der Waals surface area contributed by atoms with Gasteiger partial charge in [-0.2, -0.15) is 0 Å². The summed E-state index contributed by atoms with van der Waals surface area (Å²) in [5.74, 6) is -2.90. The first-order valence-electron chi connectivity index (χ1n) is 13.8. The summed E-state index contributed by atoms with van der Waals surface area (Å²) in [6.07, 6.45) is 3.22. The zero-order valence-electron chi connectivity index (χ0n) is 23.4. The maximum atomic E-state index is 14.9. The molecular formula is C35H27F2N3O3. The van der Waals surface area contributed by atoms with Gasteiger partial charge in [0.1, 0.15) is 11.6 Å². The summed E-state index contributed by atoms with van der Waals surface area (Å²) in [7, 11) is 0. The maximum absolute atomic E-state index is 14.9. The van der Waals surface area contributed by atoms with Gasteiger partial charge in [-0.25, -0.2) is 18.6 Å². The van der Waals surface area contributed by atoms with Crippen molar-refractivity contribution in [2.45, 2.75) is 25.8 Å². The molecule has 2 atom stereocenters. The number of aromatic carboxylic acids is 1. The highest BCUT2D eigenvalue weighted by Gasteiger charge is 2.24. The first-order valence-corrected chi connectivity index (χ1v) is 13.8. The minimum Gasteiger partial charge on any atom is -0.478 e. The lowest BCUT2D eigenvalue weighted by molar-refractivity contribution is 0.0696. The number of hydrogen-bond acceptors (Lipinski definition) is 3. The summed E-state index contributed by atoms with van der Waals surface area (Å²) in [5, 5.41) is 14.4. The number of amides is 1. The molecule has 2 aromatic heterocycles. The van der Waals surface area contributed by atoms with Crippen molar-refractivity contribution in [2.75, 3.05) is 0 Å². The summed E-state index contributed by atoms with van der Waals surface area (Å²) in [6, 6.07) is 24.8. The van der Waals surface area contributed by atoms with Gasteiger partial charge in [0.2, 0.25) is 0 Å². The third kappa shape index (κ3) is 5.35. The van der Waals surface area contributed by atoms with Crippen LogP contribution in [0.2, 0.25) is 0 Å². The van der Waals surface area contributed by atoms with Crippen LogP contribution in [-0.2, 0) is 0 Å². The highest BCUT2D eigenvalue weighted by atomic mass is 19.1. The van der Waals surface area contributed by atoms with E-state index in [4.69, 9.17) is 4.98 Å². The van der Waals surface area contributed by atoms with Crippen LogP contribution in [0.3, 0.4) is 0 Å². The van der Waals surface area contributed by atoms with E-state index in [1.54, 1.807) is 42.0 Å². The Bertz CT molecular complexity index is 2020. The second kappa shape index (κ2) is 11.1. The number of aromatic nitrogens is 2. The Morgan fingerprint density at radius 3 is 2.33 bits per heavy atom. The lowest BCUT2D eigenvalue weighted by Crippen LogP contribution is -2.27. The Morgan fingerprint density at radius 1 is 0.860 bits per heavy atom. The Balaban J connectivity index is 1.45.